The molecule has 1 aliphatic rings. The topological polar surface area (TPSA) is 76.7 Å². The molecular weight excluding hydrogens is 284 g/mol. The number of hydrogen-bond acceptors (Lipinski definition) is 4. The summed E-state index contributed by atoms with van der Waals surface area (Å²) in [4.78, 5) is 23.7. The normalized spacial score (nSPS) is 12.1. The summed E-state index contributed by atoms with van der Waals surface area (Å²) < 4.78 is 10.6. The summed E-state index contributed by atoms with van der Waals surface area (Å²) in [7, 11) is 0. The predicted octanol–water partition coefficient (Wildman–Crippen LogP) is 3.61. The molecule has 0 bridgehead atoms. The largest absolute Gasteiger partial charge is 0.454 e. The third kappa shape index (κ3) is 2.71. The van der Waals surface area contributed by atoms with Crippen LogP contribution in [0.1, 0.15) is 17.3 Å². The number of rotatable bonds is 2. The van der Waals surface area contributed by atoms with Gasteiger partial charge in [0.2, 0.25) is 0 Å². The van der Waals surface area contributed by atoms with Crippen molar-refractivity contribution >= 4 is 23.4 Å². The maximum atomic E-state index is 12.3. The summed E-state index contributed by atoms with van der Waals surface area (Å²) in [6, 6.07) is 12.0. The number of fused-ring (bicyclic) bond motifs is 2. The highest BCUT2D eigenvalue weighted by molar-refractivity contribution is 6.08. The molecule has 0 spiro atoms. The smallest absolute Gasteiger partial charge is 0.411 e. The van der Waals surface area contributed by atoms with Crippen LogP contribution >= 0.6 is 0 Å². The molecule has 6 heteroatoms. The van der Waals surface area contributed by atoms with Gasteiger partial charge in [0.25, 0.3) is 5.91 Å². The van der Waals surface area contributed by atoms with E-state index >= 15 is 0 Å². The van der Waals surface area contributed by atoms with Crippen LogP contribution in [-0.4, -0.2) is 18.6 Å². The van der Waals surface area contributed by atoms with Gasteiger partial charge in [-0.05, 0) is 37.3 Å². The predicted molar refractivity (Wildman–Crippen MR) is 81.6 cm³/mol. The molecule has 0 aliphatic carbocycles. The molecule has 0 unspecified atom stereocenters. The monoisotopic (exact) mass is 298 g/mol. The molecular formula is C16H14N2O4. The minimum absolute atomic E-state index is 0.273. The molecule has 1 aliphatic heterocycles. The number of carbonyl (C=O) groups is 2. The maximum Gasteiger partial charge on any atom is 0.411 e. The Bertz CT molecular complexity index is 743. The number of ether oxygens (including phenoxy) is 2. The molecule has 22 heavy (non-hydrogen) atoms. The van der Waals surface area contributed by atoms with Crippen LogP contribution in [0.15, 0.2) is 42.5 Å². The number of nitrogens with one attached hydrogen (secondary N) is 2. The number of carbonyl (C=O) groups excluding carboxylic acids is 2. The van der Waals surface area contributed by atoms with E-state index in [4.69, 9.17) is 9.47 Å². The summed E-state index contributed by atoms with van der Waals surface area (Å²) in [6.45, 7) is 1.99. The Morgan fingerprint density at radius 3 is 2.86 bits per heavy atom. The highest BCUT2D eigenvalue weighted by Gasteiger charge is 2.21. The van der Waals surface area contributed by atoms with E-state index in [9.17, 15) is 9.59 Å². The Labute approximate surface area is 127 Å². The lowest BCUT2D eigenvalue weighted by Crippen LogP contribution is -2.15. The number of amides is 2. The van der Waals surface area contributed by atoms with Gasteiger partial charge < -0.3 is 14.8 Å². The first-order chi connectivity index (χ1) is 10.7. The van der Waals surface area contributed by atoms with Gasteiger partial charge in [0.1, 0.15) is 5.75 Å². The van der Waals surface area contributed by atoms with E-state index in [1.165, 1.54) is 0 Å². The third-order valence-electron chi connectivity index (χ3n) is 3.10. The minimum Gasteiger partial charge on any atom is -0.454 e. The summed E-state index contributed by atoms with van der Waals surface area (Å²) in [5.41, 5.74) is 1.40. The second-order valence-corrected chi connectivity index (χ2v) is 4.61. The lowest BCUT2D eigenvalue weighted by atomic mass is 10.1. The van der Waals surface area contributed by atoms with E-state index in [2.05, 4.69) is 10.6 Å². The van der Waals surface area contributed by atoms with Crippen LogP contribution in [0.4, 0.5) is 16.2 Å². The molecule has 0 saturated carbocycles. The van der Waals surface area contributed by atoms with E-state index in [0.29, 0.717) is 28.4 Å². The summed E-state index contributed by atoms with van der Waals surface area (Å²) in [6.07, 6.45) is -0.569. The van der Waals surface area contributed by atoms with Gasteiger partial charge in [-0.15, -0.1) is 0 Å². The van der Waals surface area contributed by atoms with Gasteiger partial charge in [-0.2, -0.15) is 0 Å². The van der Waals surface area contributed by atoms with Gasteiger partial charge in [0, 0.05) is 5.69 Å². The van der Waals surface area contributed by atoms with Crippen molar-refractivity contribution in [3.05, 3.63) is 48.0 Å². The molecule has 0 aromatic heterocycles. The second-order valence-electron chi connectivity index (χ2n) is 4.61. The fourth-order valence-electron chi connectivity index (χ4n) is 2.13. The Morgan fingerprint density at radius 2 is 2.05 bits per heavy atom. The van der Waals surface area contributed by atoms with E-state index in [1.54, 1.807) is 37.3 Å². The molecule has 2 aromatic carbocycles. The van der Waals surface area contributed by atoms with Gasteiger partial charge in [0.15, 0.2) is 5.75 Å². The molecule has 2 aromatic rings. The van der Waals surface area contributed by atoms with Crippen molar-refractivity contribution in [2.24, 2.45) is 0 Å². The Balaban J connectivity index is 1.92. The molecule has 112 valence electrons. The number of para-hydroxylation sites is 2. The first kappa shape index (κ1) is 13.9. The molecule has 0 fully saturated rings. The van der Waals surface area contributed by atoms with Crippen molar-refractivity contribution in [1.29, 1.82) is 0 Å². The zero-order valence-electron chi connectivity index (χ0n) is 11.9. The van der Waals surface area contributed by atoms with Crippen LogP contribution < -0.4 is 15.4 Å². The molecule has 6 nitrogen and oxygen atoms in total. The van der Waals surface area contributed by atoms with Gasteiger partial charge in [-0.25, -0.2) is 4.79 Å². The lowest BCUT2D eigenvalue weighted by molar-refractivity contribution is 0.102. The molecule has 2 amide bonds. The van der Waals surface area contributed by atoms with Gasteiger partial charge in [-0.1, -0.05) is 12.1 Å². The standard InChI is InChI=1S/C16H14N2O4/c1-2-21-16(20)17-10-7-8-13-11(9-10)15(19)18-12-5-3-4-6-14(12)22-13/h3-9H,2H2,1H3,(H,17,20)(H,18,19). The van der Waals surface area contributed by atoms with Crippen molar-refractivity contribution in [2.45, 2.75) is 6.92 Å². The van der Waals surface area contributed by atoms with E-state index < -0.39 is 6.09 Å². The fraction of sp³-hybridized carbons (Fsp3) is 0.125. The molecule has 0 radical (unpaired) electrons. The van der Waals surface area contributed by atoms with E-state index in [-0.39, 0.29) is 12.5 Å². The maximum absolute atomic E-state index is 12.3. The molecule has 3 rings (SSSR count). The van der Waals surface area contributed by atoms with E-state index in [1.807, 2.05) is 12.1 Å². The van der Waals surface area contributed by atoms with Crippen molar-refractivity contribution in [3.8, 4) is 11.5 Å². The van der Waals surface area contributed by atoms with Crippen molar-refractivity contribution < 1.29 is 19.1 Å². The summed E-state index contributed by atoms with van der Waals surface area (Å²) in [5.74, 6) is 0.699. The van der Waals surface area contributed by atoms with Crippen molar-refractivity contribution in [2.75, 3.05) is 17.2 Å². The number of anilines is 2. The number of hydrogen-bond donors (Lipinski definition) is 2. The van der Waals surface area contributed by atoms with Crippen LogP contribution in [0.5, 0.6) is 11.5 Å². The average Bonchev–Trinajstić information content (AvgIpc) is 2.64. The van der Waals surface area contributed by atoms with Gasteiger partial charge in [-0.3, -0.25) is 10.1 Å². The van der Waals surface area contributed by atoms with Gasteiger partial charge >= 0.3 is 6.09 Å². The Kier molecular flexibility index (Phi) is 3.65. The average molecular weight is 298 g/mol. The lowest BCUT2D eigenvalue weighted by Gasteiger charge is -2.09. The van der Waals surface area contributed by atoms with Crippen LogP contribution in [0.3, 0.4) is 0 Å². The fourth-order valence-corrected chi connectivity index (χ4v) is 2.13. The summed E-state index contributed by atoms with van der Waals surface area (Å²) >= 11 is 0. The SMILES string of the molecule is CCOC(=O)Nc1ccc2c(c1)C(=O)Nc1ccccc1O2. The van der Waals surface area contributed by atoms with Crippen LogP contribution in [0.2, 0.25) is 0 Å². The zero-order valence-corrected chi connectivity index (χ0v) is 11.9. The molecule has 0 saturated heterocycles. The minimum atomic E-state index is -0.569. The third-order valence-corrected chi connectivity index (χ3v) is 3.10. The van der Waals surface area contributed by atoms with Crippen LogP contribution in [0, 0.1) is 0 Å². The van der Waals surface area contributed by atoms with Gasteiger partial charge in [0.05, 0.1) is 17.9 Å². The van der Waals surface area contributed by atoms with Crippen molar-refractivity contribution in [3.63, 3.8) is 0 Å². The summed E-state index contributed by atoms with van der Waals surface area (Å²) in [5, 5.41) is 5.33. The van der Waals surface area contributed by atoms with E-state index in [0.717, 1.165) is 0 Å². The molecule has 1 heterocycles. The van der Waals surface area contributed by atoms with Crippen molar-refractivity contribution in [1.82, 2.24) is 0 Å². The highest BCUT2D eigenvalue weighted by atomic mass is 16.5. The van der Waals surface area contributed by atoms with Crippen LogP contribution in [-0.2, 0) is 4.74 Å². The quantitative estimate of drug-likeness (QED) is 0.888. The zero-order chi connectivity index (χ0) is 15.5. The second kappa shape index (κ2) is 5.77. The van der Waals surface area contributed by atoms with Crippen LogP contribution in [0.25, 0.3) is 0 Å². The Morgan fingerprint density at radius 1 is 1.23 bits per heavy atom. The first-order valence-corrected chi connectivity index (χ1v) is 6.83. The highest BCUT2D eigenvalue weighted by Crippen LogP contribution is 2.36. The molecule has 0 atom stereocenters. The molecule has 2 N–H and O–H groups in total. The Hall–Kier alpha value is -3.02. The first-order valence-electron chi connectivity index (χ1n) is 6.83. The number of benzene rings is 2.